The Balaban J connectivity index is 1.95. The fraction of sp³-hybridized carbons (Fsp3) is 0.250. The Hall–Kier alpha value is -2.76. The molecule has 6 heteroatoms. The summed E-state index contributed by atoms with van der Waals surface area (Å²) in [5.74, 6) is -0.256. The molecule has 0 aromatic heterocycles. The summed E-state index contributed by atoms with van der Waals surface area (Å²) >= 11 is 0. The number of hydrogen-bond acceptors (Lipinski definition) is 2. The van der Waals surface area contributed by atoms with Crippen LogP contribution in [0.5, 0.6) is 0 Å². The van der Waals surface area contributed by atoms with Crippen molar-refractivity contribution in [1.82, 2.24) is 5.32 Å². The molecule has 1 amide bonds. The van der Waals surface area contributed by atoms with Crippen LogP contribution in [0.15, 0.2) is 61.2 Å². The highest BCUT2D eigenvalue weighted by Crippen LogP contribution is 2.35. The van der Waals surface area contributed by atoms with E-state index in [-0.39, 0.29) is 11.9 Å². The van der Waals surface area contributed by atoms with E-state index < -0.39 is 11.7 Å². The van der Waals surface area contributed by atoms with Gasteiger partial charge in [0.2, 0.25) is 5.91 Å². The Bertz CT molecular complexity index is 799. The summed E-state index contributed by atoms with van der Waals surface area (Å²) in [6.45, 7) is 3.94. The number of hydrogen-bond donors (Lipinski definition) is 1. The van der Waals surface area contributed by atoms with Gasteiger partial charge in [0.05, 0.1) is 5.56 Å². The molecule has 1 aliphatic rings. The van der Waals surface area contributed by atoms with E-state index in [1.54, 1.807) is 0 Å². The quantitative estimate of drug-likeness (QED) is 0.820. The minimum atomic E-state index is -4.37. The number of carbonyl (C=O) groups excluding carboxylic acids is 1. The van der Waals surface area contributed by atoms with E-state index in [0.717, 1.165) is 36.2 Å². The highest BCUT2D eigenvalue weighted by molar-refractivity contribution is 5.87. The van der Waals surface area contributed by atoms with Crippen molar-refractivity contribution in [2.24, 2.45) is 0 Å². The van der Waals surface area contributed by atoms with E-state index in [1.165, 1.54) is 18.2 Å². The summed E-state index contributed by atoms with van der Waals surface area (Å²) in [6.07, 6.45) is -1.63. The maximum atomic E-state index is 12.8. The zero-order valence-corrected chi connectivity index (χ0v) is 14.1. The minimum absolute atomic E-state index is 0.129. The second kappa shape index (κ2) is 7.23. The number of aryl methyl sites for hydroxylation is 1. The average Bonchev–Trinajstić information content (AvgIpc) is 2.81. The van der Waals surface area contributed by atoms with E-state index in [1.807, 2.05) is 29.2 Å². The van der Waals surface area contributed by atoms with Crippen LogP contribution in [-0.2, 0) is 17.4 Å². The van der Waals surface area contributed by atoms with Crippen LogP contribution in [0.4, 0.5) is 24.5 Å². The van der Waals surface area contributed by atoms with Gasteiger partial charge in [-0.3, -0.25) is 4.79 Å². The molecule has 2 aromatic carbocycles. The number of benzene rings is 2. The van der Waals surface area contributed by atoms with Gasteiger partial charge in [-0.05, 0) is 54.8 Å². The van der Waals surface area contributed by atoms with Crippen LogP contribution in [0, 0.1) is 0 Å². The fourth-order valence-corrected chi connectivity index (χ4v) is 3.18. The molecule has 1 atom stereocenters. The molecule has 3 nitrogen and oxygen atoms in total. The first-order chi connectivity index (χ1) is 12.4. The molecular formula is C20H19F3N2O. The average molecular weight is 360 g/mol. The predicted molar refractivity (Wildman–Crippen MR) is 95.3 cm³/mol. The normalized spacial score (nSPS) is 17.2. The van der Waals surface area contributed by atoms with Crippen LogP contribution in [0.2, 0.25) is 0 Å². The number of nitrogens with one attached hydrogen (secondary N) is 1. The van der Waals surface area contributed by atoms with Crippen molar-refractivity contribution in [3.63, 3.8) is 0 Å². The molecule has 1 aliphatic heterocycles. The molecule has 0 saturated heterocycles. The molecule has 3 rings (SSSR count). The molecule has 0 spiro atoms. The molecule has 0 radical (unpaired) electrons. The van der Waals surface area contributed by atoms with Crippen molar-refractivity contribution in [2.75, 3.05) is 11.4 Å². The first-order valence-electron chi connectivity index (χ1n) is 8.34. The molecule has 0 saturated carbocycles. The van der Waals surface area contributed by atoms with Gasteiger partial charge in [-0.15, -0.1) is 0 Å². The van der Waals surface area contributed by atoms with Gasteiger partial charge in [-0.25, -0.2) is 0 Å². The third-order valence-electron chi connectivity index (χ3n) is 4.49. The van der Waals surface area contributed by atoms with Gasteiger partial charge in [0, 0.05) is 24.0 Å². The Morgan fingerprint density at radius 1 is 1.15 bits per heavy atom. The van der Waals surface area contributed by atoms with Crippen molar-refractivity contribution in [3.8, 4) is 0 Å². The number of alkyl halides is 3. The summed E-state index contributed by atoms with van der Waals surface area (Å²) in [5.41, 5.74) is 2.02. The van der Waals surface area contributed by atoms with Crippen LogP contribution < -0.4 is 10.2 Å². The highest BCUT2D eigenvalue weighted by Gasteiger charge is 2.30. The van der Waals surface area contributed by atoms with Crippen LogP contribution in [0.25, 0.3) is 0 Å². The zero-order valence-electron chi connectivity index (χ0n) is 14.1. The minimum Gasteiger partial charge on any atom is -0.348 e. The second-order valence-electron chi connectivity index (χ2n) is 6.23. The molecule has 0 bridgehead atoms. The highest BCUT2D eigenvalue weighted by atomic mass is 19.4. The molecule has 0 unspecified atom stereocenters. The lowest BCUT2D eigenvalue weighted by molar-refractivity contribution is -0.137. The standard InChI is InChI=1S/C20H19F3N2O/c1-2-19(26)24-16-10-7-14-5-3-4-6-18(14)25(13-16)17-11-8-15(9-12-17)20(21,22)23/h2-6,8-9,11-12,16H,1,7,10,13H2,(H,24,26)/t16-/m0/s1. The summed E-state index contributed by atoms with van der Waals surface area (Å²) in [4.78, 5) is 13.6. The van der Waals surface area contributed by atoms with Gasteiger partial charge in [-0.1, -0.05) is 24.8 Å². The Kier molecular flexibility index (Phi) is 5.02. The van der Waals surface area contributed by atoms with Crippen LogP contribution >= 0.6 is 0 Å². The van der Waals surface area contributed by atoms with Crippen molar-refractivity contribution in [1.29, 1.82) is 0 Å². The lowest BCUT2D eigenvalue weighted by Crippen LogP contribution is -2.41. The molecule has 136 valence electrons. The maximum Gasteiger partial charge on any atom is 0.416 e. The van der Waals surface area contributed by atoms with E-state index in [9.17, 15) is 18.0 Å². The number of para-hydroxylation sites is 1. The van der Waals surface area contributed by atoms with Crippen molar-refractivity contribution in [2.45, 2.75) is 25.1 Å². The summed E-state index contributed by atoms with van der Waals surface area (Å²) in [5, 5.41) is 2.90. The van der Waals surface area contributed by atoms with Gasteiger partial charge in [0.15, 0.2) is 0 Å². The summed E-state index contributed by atoms with van der Waals surface area (Å²) in [6, 6.07) is 12.8. The molecular weight excluding hydrogens is 341 g/mol. The third kappa shape index (κ3) is 3.90. The first-order valence-corrected chi connectivity index (χ1v) is 8.34. The van der Waals surface area contributed by atoms with Gasteiger partial charge in [0.25, 0.3) is 0 Å². The zero-order chi connectivity index (χ0) is 18.7. The first kappa shape index (κ1) is 18.0. The number of anilines is 2. The molecule has 1 N–H and O–H groups in total. The Labute approximate surface area is 150 Å². The topological polar surface area (TPSA) is 32.3 Å². The summed E-state index contributed by atoms with van der Waals surface area (Å²) in [7, 11) is 0. The lowest BCUT2D eigenvalue weighted by atomic mass is 10.1. The Morgan fingerprint density at radius 2 is 1.85 bits per heavy atom. The van der Waals surface area contributed by atoms with Gasteiger partial charge < -0.3 is 10.2 Å². The molecule has 26 heavy (non-hydrogen) atoms. The number of carbonyl (C=O) groups is 1. The largest absolute Gasteiger partial charge is 0.416 e. The summed E-state index contributed by atoms with van der Waals surface area (Å²) < 4.78 is 38.5. The van der Waals surface area contributed by atoms with Crippen molar-refractivity contribution < 1.29 is 18.0 Å². The molecule has 0 fully saturated rings. The number of fused-ring (bicyclic) bond motifs is 1. The molecule has 0 aliphatic carbocycles. The third-order valence-corrected chi connectivity index (χ3v) is 4.49. The maximum absolute atomic E-state index is 12.8. The van der Waals surface area contributed by atoms with Gasteiger partial charge in [0.1, 0.15) is 0 Å². The lowest BCUT2D eigenvalue weighted by Gasteiger charge is -2.28. The van der Waals surface area contributed by atoms with Crippen molar-refractivity contribution in [3.05, 3.63) is 72.3 Å². The number of rotatable bonds is 3. The number of amides is 1. The van der Waals surface area contributed by atoms with E-state index in [0.29, 0.717) is 12.2 Å². The van der Waals surface area contributed by atoms with Gasteiger partial charge >= 0.3 is 6.18 Å². The Morgan fingerprint density at radius 3 is 2.50 bits per heavy atom. The predicted octanol–water partition coefficient (Wildman–Crippen LogP) is 4.46. The van der Waals surface area contributed by atoms with Crippen molar-refractivity contribution >= 4 is 17.3 Å². The fourth-order valence-electron chi connectivity index (χ4n) is 3.18. The van der Waals surface area contributed by atoms with Crippen LogP contribution in [0.1, 0.15) is 17.5 Å². The molecule has 2 aromatic rings. The van der Waals surface area contributed by atoms with Gasteiger partial charge in [-0.2, -0.15) is 13.2 Å². The smallest absolute Gasteiger partial charge is 0.348 e. The van der Waals surface area contributed by atoms with Crippen LogP contribution in [0.3, 0.4) is 0 Å². The molecule has 1 heterocycles. The second-order valence-corrected chi connectivity index (χ2v) is 6.23. The van der Waals surface area contributed by atoms with Crippen LogP contribution in [-0.4, -0.2) is 18.5 Å². The van der Waals surface area contributed by atoms with E-state index in [4.69, 9.17) is 0 Å². The van der Waals surface area contributed by atoms with E-state index >= 15 is 0 Å². The van der Waals surface area contributed by atoms with E-state index in [2.05, 4.69) is 11.9 Å². The number of halogens is 3. The number of nitrogens with zero attached hydrogens (tertiary/aromatic N) is 1. The monoisotopic (exact) mass is 360 g/mol. The SMILES string of the molecule is C=CC(=O)N[C@H]1CCc2ccccc2N(c2ccc(C(F)(F)F)cc2)C1.